The molecule has 3 heterocycles. The number of hydrogen-bond acceptors (Lipinski definition) is 5. The first-order valence-electron chi connectivity index (χ1n) is 12.3. The molecule has 35 heavy (non-hydrogen) atoms. The van der Waals surface area contributed by atoms with E-state index >= 15 is 4.39 Å². The van der Waals surface area contributed by atoms with Crippen LogP contribution in [-0.2, 0) is 22.7 Å². The third-order valence-corrected chi connectivity index (χ3v) is 7.31. The molecule has 1 atom stereocenters. The molecule has 2 fully saturated rings. The van der Waals surface area contributed by atoms with E-state index in [0.29, 0.717) is 24.2 Å². The molecule has 0 aromatic heterocycles. The average molecular weight is 480 g/mol. The van der Waals surface area contributed by atoms with Gasteiger partial charge in [0.25, 0.3) is 5.91 Å². The van der Waals surface area contributed by atoms with Crippen molar-refractivity contribution in [2.24, 2.45) is 0 Å². The summed E-state index contributed by atoms with van der Waals surface area (Å²) in [5, 5.41) is 2.30. The molecule has 0 bridgehead atoms. The van der Waals surface area contributed by atoms with E-state index in [9.17, 15) is 14.4 Å². The van der Waals surface area contributed by atoms with Crippen molar-refractivity contribution in [3.8, 4) is 5.75 Å². The van der Waals surface area contributed by atoms with Gasteiger partial charge in [0.2, 0.25) is 11.8 Å². The van der Waals surface area contributed by atoms with Gasteiger partial charge in [-0.1, -0.05) is 18.2 Å². The fourth-order valence-corrected chi connectivity index (χ4v) is 5.44. The maximum atomic E-state index is 15.1. The topological polar surface area (TPSA) is 79.0 Å². The largest absolute Gasteiger partial charge is 0.494 e. The molecule has 0 aliphatic carbocycles. The molecular formula is C27H30FN3O4. The number of fused-ring (bicyclic) bond motifs is 1. The zero-order valence-corrected chi connectivity index (χ0v) is 19.9. The van der Waals surface area contributed by atoms with E-state index in [4.69, 9.17) is 4.74 Å². The lowest BCUT2D eigenvalue weighted by atomic mass is 9.87. The van der Waals surface area contributed by atoms with Gasteiger partial charge in [0.05, 0.1) is 6.61 Å². The van der Waals surface area contributed by atoms with E-state index in [1.165, 1.54) is 16.5 Å². The summed E-state index contributed by atoms with van der Waals surface area (Å²) in [5.41, 5.74) is 2.96. The number of amides is 3. The first kappa shape index (κ1) is 23.5. The van der Waals surface area contributed by atoms with Crippen LogP contribution in [0.5, 0.6) is 5.75 Å². The van der Waals surface area contributed by atoms with Gasteiger partial charge in [0.15, 0.2) is 0 Å². The number of carbonyl (C=O) groups is 3. The number of carbonyl (C=O) groups excluding carboxylic acids is 3. The number of ether oxygens (including phenoxy) is 1. The van der Waals surface area contributed by atoms with E-state index in [1.807, 2.05) is 25.1 Å². The number of piperidine rings is 2. The first-order valence-corrected chi connectivity index (χ1v) is 12.3. The molecule has 2 aromatic rings. The predicted octanol–water partition coefficient (Wildman–Crippen LogP) is 3.37. The van der Waals surface area contributed by atoms with E-state index in [1.54, 1.807) is 0 Å². The zero-order valence-electron chi connectivity index (χ0n) is 19.9. The Morgan fingerprint density at radius 2 is 1.80 bits per heavy atom. The van der Waals surface area contributed by atoms with Crippen LogP contribution in [0, 0.1) is 5.82 Å². The monoisotopic (exact) mass is 479 g/mol. The SMILES string of the molecule is CCOc1ccc(CN2CCC(c3cc4c(cc3F)C(=O)N(C3CCC(=O)NC3=O)C4)CC2)cc1. The van der Waals surface area contributed by atoms with Crippen LogP contribution in [0.15, 0.2) is 36.4 Å². The Bertz CT molecular complexity index is 1140. The lowest BCUT2D eigenvalue weighted by molar-refractivity contribution is -0.136. The van der Waals surface area contributed by atoms with Crippen LogP contribution >= 0.6 is 0 Å². The number of likely N-dealkylation sites (tertiary alicyclic amines) is 1. The van der Waals surface area contributed by atoms with Crippen molar-refractivity contribution in [3.63, 3.8) is 0 Å². The third-order valence-electron chi connectivity index (χ3n) is 7.31. The third kappa shape index (κ3) is 4.80. The molecule has 0 spiro atoms. The minimum Gasteiger partial charge on any atom is -0.494 e. The molecule has 8 heteroatoms. The first-order chi connectivity index (χ1) is 16.9. The van der Waals surface area contributed by atoms with E-state index < -0.39 is 11.9 Å². The molecule has 184 valence electrons. The molecule has 3 amide bonds. The van der Waals surface area contributed by atoms with Gasteiger partial charge in [0.1, 0.15) is 17.6 Å². The van der Waals surface area contributed by atoms with E-state index in [-0.39, 0.29) is 36.5 Å². The van der Waals surface area contributed by atoms with Crippen LogP contribution in [-0.4, -0.2) is 53.3 Å². The van der Waals surface area contributed by atoms with Crippen LogP contribution in [0.2, 0.25) is 0 Å². The Morgan fingerprint density at radius 1 is 1.06 bits per heavy atom. The maximum Gasteiger partial charge on any atom is 0.255 e. The number of benzene rings is 2. The number of imide groups is 1. The van der Waals surface area contributed by atoms with Gasteiger partial charge in [-0.2, -0.15) is 0 Å². The molecule has 5 rings (SSSR count). The van der Waals surface area contributed by atoms with Crippen LogP contribution in [0.25, 0.3) is 0 Å². The number of rotatable bonds is 6. The molecule has 3 aliphatic heterocycles. The van der Waals surface area contributed by atoms with Crippen LogP contribution in [0.3, 0.4) is 0 Å². The number of nitrogens with one attached hydrogen (secondary N) is 1. The highest BCUT2D eigenvalue weighted by Gasteiger charge is 2.40. The molecule has 0 saturated carbocycles. The van der Waals surface area contributed by atoms with Gasteiger partial charge in [-0.15, -0.1) is 0 Å². The second-order valence-corrected chi connectivity index (χ2v) is 9.56. The van der Waals surface area contributed by atoms with Crippen molar-refractivity contribution >= 4 is 17.7 Å². The van der Waals surface area contributed by atoms with Crippen molar-refractivity contribution in [2.75, 3.05) is 19.7 Å². The Morgan fingerprint density at radius 3 is 2.49 bits per heavy atom. The van der Waals surface area contributed by atoms with Crippen molar-refractivity contribution in [2.45, 2.75) is 57.7 Å². The quantitative estimate of drug-likeness (QED) is 0.643. The summed E-state index contributed by atoms with van der Waals surface area (Å²) in [5.74, 6) is -0.508. The number of nitrogens with zero attached hydrogens (tertiary/aromatic N) is 2. The van der Waals surface area contributed by atoms with Crippen molar-refractivity contribution < 1.29 is 23.5 Å². The number of halogens is 1. The highest BCUT2D eigenvalue weighted by molar-refractivity contribution is 6.05. The molecule has 2 aromatic carbocycles. The average Bonchev–Trinajstić information content (AvgIpc) is 3.16. The smallest absolute Gasteiger partial charge is 0.255 e. The number of hydrogen-bond donors (Lipinski definition) is 1. The summed E-state index contributed by atoms with van der Waals surface area (Å²) in [7, 11) is 0. The van der Waals surface area contributed by atoms with Crippen molar-refractivity contribution in [1.29, 1.82) is 0 Å². The minimum atomic E-state index is -0.690. The second kappa shape index (κ2) is 9.77. The standard InChI is InChI=1S/C27H30FN3O4/c1-2-35-20-5-3-17(4-6-20)15-30-11-9-18(10-12-30)21-13-19-16-31(27(34)22(19)14-23(21)28)24-7-8-25(32)29-26(24)33/h3-6,13-14,18,24H,2,7-12,15-16H2,1H3,(H,29,32,33). The van der Waals surface area contributed by atoms with Crippen molar-refractivity contribution in [1.82, 2.24) is 15.1 Å². The van der Waals surface area contributed by atoms with Gasteiger partial charge in [-0.25, -0.2) is 4.39 Å². The normalized spacial score (nSPS) is 21.3. The molecule has 3 aliphatic rings. The van der Waals surface area contributed by atoms with Gasteiger partial charge in [0, 0.05) is 25.1 Å². The van der Waals surface area contributed by atoms with Crippen LogP contribution in [0.1, 0.15) is 65.6 Å². The van der Waals surface area contributed by atoms with Gasteiger partial charge in [-0.3, -0.25) is 24.6 Å². The lowest BCUT2D eigenvalue weighted by Crippen LogP contribution is -2.52. The molecule has 7 nitrogen and oxygen atoms in total. The Balaban J connectivity index is 1.23. The summed E-state index contributed by atoms with van der Waals surface area (Å²) in [6, 6.07) is 10.6. The highest BCUT2D eigenvalue weighted by Crippen LogP contribution is 2.35. The zero-order chi connectivity index (χ0) is 24.5. The maximum absolute atomic E-state index is 15.1. The predicted molar refractivity (Wildman–Crippen MR) is 127 cm³/mol. The Hall–Kier alpha value is -3.26. The summed E-state index contributed by atoms with van der Waals surface area (Å²) >= 11 is 0. The summed E-state index contributed by atoms with van der Waals surface area (Å²) < 4.78 is 20.6. The molecule has 2 saturated heterocycles. The van der Waals surface area contributed by atoms with Gasteiger partial charge in [-0.05, 0) is 80.1 Å². The highest BCUT2D eigenvalue weighted by atomic mass is 19.1. The van der Waals surface area contributed by atoms with Gasteiger partial charge >= 0.3 is 0 Å². The summed E-state index contributed by atoms with van der Waals surface area (Å²) in [4.78, 5) is 40.5. The summed E-state index contributed by atoms with van der Waals surface area (Å²) in [6.07, 6.45) is 2.19. The fraction of sp³-hybridized carbons (Fsp3) is 0.444. The van der Waals surface area contributed by atoms with E-state index in [2.05, 4.69) is 22.3 Å². The van der Waals surface area contributed by atoms with Crippen LogP contribution < -0.4 is 10.1 Å². The Kier molecular flexibility index (Phi) is 6.56. The summed E-state index contributed by atoms with van der Waals surface area (Å²) in [6.45, 7) is 5.47. The molecule has 0 radical (unpaired) electrons. The van der Waals surface area contributed by atoms with Crippen LogP contribution in [0.4, 0.5) is 4.39 Å². The second-order valence-electron chi connectivity index (χ2n) is 9.56. The Labute approximate surface area is 204 Å². The molecule has 1 N–H and O–H groups in total. The molecular weight excluding hydrogens is 449 g/mol. The minimum absolute atomic E-state index is 0.0941. The van der Waals surface area contributed by atoms with Crippen molar-refractivity contribution in [3.05, 3.63) is 64.5 Å². The lowest BCUT2D eigenvalue weighted by Gasteiger charge is -2.32. The fourth-order valence-electron chi connectivity index (χ4n) is 5.44. The molecule has 1 unspecified atom stereocenters. The van der Waals surface area contributed by atoms with Gasteiger partial charge < -0.3 is 9.64 Å². The van der Waals surface area contributed by atoms with E-state index in [0.717, 1.165) is 43.8 Å².